The van der Waals surface area contributed by atoms with E-state index >= 15 is 0 Å². The molecule has 0 saturated carbocycles. The molecule has 2 unspecified atom stereocenters. The molecular formula is C15H25N3O2. The summed E-state index contributed by atoms with van der Waals surface area (Å²) in [5.74, 6) is 2.04. The van der Waals surface area contributed by atoms with Gasteiger partial charge in [0.25, 0.3) is 0 Å². The molecule has 0 spiro atoms. The van der Waals surface area contributed by atoms with Gasteiger partial charge in [-0.25, -0.2) is 0 Å². The van der Waals surface area contributed by atoms with Crippen molar-refractivity contribution in [3.05, 3.63) is 18.0 Å². The Morgan fingerprint density at radius 1 is 1.40 bits per heavy atom. The minimum Gasteiger partial charge on any atom is -0.493 e. The van der Waals surface area contributed by atoms with E-state index in [0.29, 0.717) is 12.0 Å². The zero-order chi connectivity index (χ0) is 14.5. The van der Waals surface area contributed by atoms with Crippen LogP contribution < -0.4 is 15.2 Å². The van der Waals surface area contributed by atoms with Gasteiger partial charge in [-0.05, 0) is 12.3 Å². The number of pyridine rings is 1. The quantitative estimate of drug-likeness (QED) is 0.888. The molecular weight excluding hydrogens is 254 g/mol. The van der Waals surface area contributed by atoms with Crippen molar-refractivity contribution in [3.8, 4) is 11.5 Å². The van der Waals surface area contributed by atoms with Crippen molar-refractivity contribution in [2.75, 3.05) is 27.3 Å². The second-order valence-electron chi connectivity index (χ2n) is 5.35. The number of ether oxygens (including phenoxy) is 2. The summed E-state index contributed by atoms with van der Waals surface area (Å²) in [5.41, 5.74) is 7.09. The zero-order valence-corrected chi connectivity index (χ0v) is 12.6. The molecule has 1 aliphatic rings. The molecule has 0 aliphatic carbocycles. The Labute approximate surface area is 121 Å². The van der Waals surface area contributed by atoms with Crippen molar-refractivity contribution < 1.29 is 9.47 Å². The average Bonchev–Trinajstić information content (AvgIpc) is 2.48. The van der Waals surface area contributed by atoms with Crippen LogP contribution in [0.4, 0.5) is 0 Å². The molecule has 1 aromatic heterocycles. The van der Waals surface area contributed by atoms with Crippen LogP contribution >= 0.6 is 0 Å². The summed E-state index contributed by atoms with van der Waals surface area (Å²) in [7, 11) is 3.30. The molecule has 5 heteroatoms. The summed E-state index contributed by atoms with van der Waals surface area (Å²) in [5, 5.41) is 0. The standard InChI is InChI=1S/C15H25N3O2/c1-4-11-9-18(8-6-12(11)16)10-13-15(20-3)14(19-2)5-7-17-13/h5,7,11-12H,4,6,8-10,16H2,1-3H3. The van der Waals surface area contributed by atoms with Gasteiger partial charge in [0.15, 0.2) is 11.5 Å². The van der Waals surface area contributed by atoms with Gasteiger partial charge in [0.2, 0.25) is 0 Å². The number of piperidine rings is 1. The van der Waals surface area contributed by atoms with Gasteiger partial charge in [0.1, 0.15) is 5.69 Å². The summed E-state index contributed by atoms with van der Waals surface area (Å²) in [4.78, 5) is 6.85. The number of likely N-dealkylation sites (tertiary alicyclic amines) is 1. The largest absolute Gasteiger partial charge is 0.493 e. The summed E-state index contributed by atoms with van der Waals surface area (Å²) < 4.78 is 10.8. The van der Waals surface area contributed by atoms with Crippen molar-refractivity contribution in [2.24, 2.45) is 11.7 Å². The molecule has 1 fully saturated rings. The van der Waals surface area contributed by atoms with E-state index in [1.807, 2.05) is 6.07 Å². The highest BCUT2D eigenvalue weighted by molar-refractivity contribution is 5.42. The molecule has 2 N–H and O–H groups in total. The van der Waals surface area contributed by atoms with Crippen molar-refractivity contribution in [3.63, 3.8) is 0 Å². The molecule has 0 radical (unpaired) electrons. The highest BCUT2D eigenvalue weighted by Crippen LogP contribution is 2.30. The van der Waals surface area contributed by atoms with Gasteiger partial charge in [-0.15, -0.1) is 0 Å². The molecule has 2 atom stereocenters. The van der Waals surface area contributed by atoms with Crippen LogP contribution in [0.5, 0.6) is 11.5 Å². The normalized spacial score (nSPS) is 23.6. The van der Waals surface area contributed by atoms with Gasteiger partial charge >= 0.3 is 0 Å². The number of nitrogens with zero attached hydrogens (tertiary/aromatic N) is 2. The molecule has 1 saturated heterocycles. The Bertz CT molecular complexity index is 439. The Hall–Kier alpha value is -1.33. The lowest BCUT2D eigenvalue weighted by molar-refractivity contribution is 0.142. The first-order chi connectivity index (χ1) is 9.69. The molecule has 1 aromatic rings. The van der Waals surface area contributed by atoms with Crippen molar-refractivity contribution >= 4 is 0 Å². The lowest BCUT2D eigenvalue weighted by Gasteiger charge is -2.36. The molecule has 1 aliphatic heterocycles. The monoisotopic (exact) mass is 279 g/mol. The molecule has 5 nitrogen and oxygen atoms in total. The van der Waals surface area contributed by atoms with Gasteiger partial charge in [0, 0.05) is 37.9 Å². The van der Waals surface area contributed by atoms with Crippen LogP contribution in [-0.4, -0.2) is 43.2 Å². The highest BCUT2D eigenvalue weighted by atomic mass is 16.5. The number of nitrogens with two attached hydrogens (primary N) is 1. The van der Waals surface area contributed by atoms with Crippen LogP contribution in [0, 0.1) is 5.92 Å². The first-order valence-corrected chi connectivity index (χ1v) is 7.23. The topological polar surface area (TPSA) is 60.6 Å². The molecule has 2 heterocycles. The average molecular weight is 279 g/mol. The lowest BCUT2D eigenvalue weighted by Crippen LogP contribution is -2.46. The van der Waals surface area contributed by atoms with E-state index < -0.39 is 0 Å². The maximum Gasteiger partial charge on any atom is 0.183 e. The predicted molar refractivity (Wildman–Crippen MR) is 79.0 cm³/mol. The number of hydrogen-bond acceptors (Lipinski definition) is 5. The van der Waals surface area contributed by atoms with Crippen LogP contribution in [0.25, 0.3) is 0 Å². The first-order valence-electron chi connectivity index (χ1n) is 7.23. The second kappa shape index (κ2) is 6.90. The molecule has 0 aromatic carbocycles. The maximum absolute atomic E-state index is 6.16. The molecule has 2 rings (SSSR count). The van der Waals surface area contributed by atoms with Crippen LogP contribution in [0.3, 0.4) is 0 Å². The van der Waals surface area contributed by atoms with Crippen LogP contribution in [0.15, 0.2) is 12.3 Å². The first kappa shape index (κ1) is 15.1. The minimum atomic E-state index is 0.330. The van der Waals surface area contributed by atoms with E-state index in [9.17, 15) is 0 Å². The predicted octanol–water partition coefficient (Wildman–Crippen LogP) is 1.66. The number of aromatic nitrogens is 1. The van der Waals surface area contributed by atoms with Crippen molar-refractivity contribution in [1.29, 1.82) is 0 Å². The Morgan fingerprint density at radius 3 is 2.85 bits per heavy atom. The van der Waals surface area contributed by atoms with E-state index in [2.05, 4.69) is 16.8 Å². The summed E-state index contributed by atoms with van der Waals surface area (Å²) in [6.45, 7) is 5.03. The van der Waals surface area contributed by atoms with Gasteiger partial charge in [-0.2, -0.15) is 0 Å². The van der Waals surface area contributed by atoms with Crippen LogP contribution in [0.1, 0.15) is 25.5 Å². The minimum absolute atomic E-state index is 0.330. The Kier molecular flexibility index (Phi) is 5.20. The maximum atomic E-state index is 6.16. The van der Waals surface area contributed by atoms with E-state index in [4.69, 9.17) is 15.2 Å². The SMILES string of the molecule is CCC1CN(Cc2nccc(OC)c2OC)CCC1N. The van der Waals surface area contributed by atoms with Gasteiger partial charge in [-0.3, -0.25) is 9.88 Å². The van der Waals surface area contributed by atoms with Crippen molar-refractivity contribution in [1.82, 2.24) is 9.88 Å². The molecule has 0 amide bonds. The smallest absolute Gasteiger partial charge is 0.183 e. The van der Waals surface area contributed by atoms with E-state index in [1.54, 1.807) is 20.4 Å². The van der Waals surface area contributed by atoms with Gasteiger partial charge in [-0.1, -0.05) is 13.3 Å². The van der Waals surface area contributed by atoms with E-state index in [-0.39, 0.29) is 0 Å². The van der Waals surface area contributed by atoms with Gasteiger partial charge < -0.3 is 15.2 Å². The zero-order valence-electron chi connectivity index (χ0n) is 12.6. The molecule has 0 bridgehead atoms. The number of methoxy groups -OCH3 is 2. The summed E-state index contributed by atoms with van der Waals surface area (Å²) >= 11 is 0. The van der Waals surface area contributed by atoms with Crippen LogP contribution in [-0.2, 0) is 6.54 Å². The summed E-state index contributed by atoms with van der Waals surface area (Å²) in [6.07, 6.45) is 3.94. The third-order valence-corrected chi connectivity index (χ3v) is 4.14. The number of hydrogen-bond donors (Lipinski definition) is 1. The van der Waals surface area contributed by atoms with E-state index in [1.165, 1.54) is 0 Å². The van der Waals surface area contributed by atoms with Crippen LogP contribution in [0.2, 0.25) is 0 Å². The third-order valence-electron chi connectivity index (χ3n) is 4.14. The fourth-order valence-corrected chi connectivity index (χ4v) is 2.88. The second-order valence-corrected chi connectivity index (χ2v) is 5.35. The van der Waals surface area contributed by atoms with Crippen molar-refractivity contribution in [2.45, 2.75) is 32.4 Å². The van der Waals surface area contributed by atoms with Gasteiger partial charge in [0.05, 0.1) is 14.2 Å². The molecule has 112 valence electrons. The van der Waals surface area contributed by atoms with E-state index in [0.717, 1.165) is 49.7 Å². The fraction of sp³-hybridized carbons (Fsp3) is 0.667. The Balaban J connectivity index is 2.10. The Morgan fingerprint density at radius 2 is 2.20 bits per heavy atom. The lowest BCUT2D eigenvalue weighted by atomic mass is 9.90. The fourth-order valence-electron chi connectivity index (χ4n) is 2.88. The summed E-state index contributed by atoms with van der Waals surface area (Å²) in [6, 6.07) is 2.15. The third kappa shape index (κ3) is 3.22. The number of rotatable bonds is 5. The molecule has 20 heavy (non-hydrogen) atoms. The highest BCUT2D eigenvalue weighted by Gasteiger charge is 2.26.